The van der Waals surface area contributed by atoms with Crippen LogP contribution in [-0.4, -0.2) is 20.9 Å². The summed E-state index contributed by atoms with van der Waals surface area (Å²) >= 11 is 5.99. The molecule has 0 bridgehead atoms. The minimum absolute atomic E-state index is 0.0903. The molecule has 100 valence electrons. The highest BCUT2D eigenvalue weighted by atomic mass is 35.5. The number of hydrogen-bond acceptors (Lipinski definition) is 2. The van der Waals surface area contributed by atoms with Crippen molar-refractivity contribution < 1.29 is 9.90 Å². The molecule has 0 amide bonds. The van der Waals surface area contributed by atoms with E-state index in [1.807, 2.05) is 36.4 Å². The molecule has 0 aliphatic rings. The second-order valence-electron chi connectivity index (χ2n) is 4.43. The van der Waals surface area contributed by atoms with Crippen molar-refractivity contribution in [2.45, 2.75) is 6.42 Å². The van der Waals surface area contributed by atoms with Gasteiger partial charge in [0.1, 0.15) is 0 Å². The van der Waals surface area contributed by atoms with E-state index >= 15 is 0 Å². The van der Waals surface area contributed by atoms with Crippen LogP contribution in [0.3, 0.4) is 0 Å². The topological polar surface area (TPSA) is 55.1 Å². The van der Waals surface area contributed by atoms with Crippen LogP contribution in [0, 0.1) is 0 Å². The predicted molar refractivity (Wildman–Crippen MR) is 77.4 cm³/mol. The van der Waals surface area contributed by atoms with E-state index in [9.17, 15) is 4.79 Å². The number of aromatic nitrogens is 2. The van der Waals surface area contributed by atoms with E-state index in [-0.39, 0.29) is 6.42 Å². The van der Waals surface area contributed by atoms with Gasteiger partial charge in [-0.15, -0.1) is 0 Å². The molecule has 0 spiro atoms. The van der Waals surface area contributed by atoms with E-state index in [2.05, 4.69) is 5.10 Å². The van der Waals surface area contributed by atoms with E-state index in [0.29, 0.717) is 10.7 Å². The van der Waals surface area contributed by atoms with Crippen molar-refractivity contribution in [2.75, 3.05) is 0 Å². The van der Waals surface area contributed by atoms with Gasteiger partial charge in [-0.2, -0.15) is 5.10 Å². The van der Waals surface area contributed by atoms with Gasteiger partial charge in [0.25, 0.3) is 0 Å². The Morgan fingerprint density at radius 3 is 2.75 bits per heavy atom. The fourth-order valence-corrected chi connectivity index (χ4v) is 2.41. The monoisotopic (exact) mass is 286 g/mol. The Labute approximate surface area is 120 Å². The van der Waals surface area contributed by atoms with E-state index in [4.69, 9.17) is 16.7 Å². The minimum atomic E-state index is -0.890. The van der Waals surface area contributed by atoms with Crippen molar-refractivity contribution in [3.63, 3.8) is 0 Å². The minimum Gasteiger partial charge on any atom is -0.481 e. The maximum atomic E-state index is 11.1. The second kappa shape index (κ2) is 4.98. The van der Waals surface area contributed by atoms with Gasteiger partial charge in [0.05, 0.1) is 23.3 Å². The summed E-state index contributed by atoms with van der Waals surface area (Å²) in [7, 11) is 0. The number of aliphatic carboxylic acids is 1. The number of carboxylic acid groups (broad SMARTS) is 1. The zero-order valence-electron chi connectivity index (χ0n) is 10.5. The normalized spacial score (nSPS) is 10.8. The number of rotatable bonds is 3. The lowest BCUT2D eigenvalue weighted by molar-refractivity contribution is -0.136. The van der Waals surface area contributed by atoms with Crippen molar-refractivity contribution in [3.8, 4) is 5.69 Å². The molecule has 0 saturated heterocycles. The molecule has 1 aromatic heterocycles. The third-order valence-corrected chi connectivity index (χ3v) is 3.28. The van der Waals surface area contributed by atoms with Crippen molar-refractivity contribution in [1.29, 1.82) is 0 Å². The van der Waals surface area contributed by atoms with E-state index in [0.717, 1.165) is 16.6 Å². The van der Waals surface area contributed by atoms with E-state index < -0.39 is 5.97 Å². The number of nitrogens with zero attached hydrogens (tertiary/aromatic N) is 2. The lowest BCUT2D eigenvalue weighted by atomic mass is 10.1. The third kappa shape index (κ3) is 2.26. The highest BCUT2D eigenvalue weighted by Gasteiger charge is 2.15. The van der Waals surface area contributed by atoms with Crippen LogP contribution in [0.25, 0.3) is 16.6 Å². The summed E-state index contributed by atoms with van der Waals surface area (Å²) in [6.45, 7) is 0. The molecule has 3 aromatic rings. The van der Waals surface area contributed by atoms with Crippen LogP contribution in [0.2, 0.25) is 5.02 Å². The fraction of sp³-hybridized carbons (Fsp3) is 0.0667. The first-order valence-corrected chi connectivity index (χ1v) is 6.47. The standard InChI is InChI=1S/C15H11ClN2O2/c16-10-4-3-5-11(8-10)18-14(9-15(19)20)12-6-1-2-7-13(12)17-18/h1-8H,9H2,(H,19,20). The summed E-state index contributed by atoms with van der Waals surface area (Å²) < 4.78 is 1.64. The van der Waals surface area contributed by atoms with Gasteiger partial charge in [-0.1, -0.05) is 35.9 Å². The zero-order valence-corrected chi connectivity index (χ0v) is 11.2. The predicted octanol–water partition coefficient (Wildman–Crippen LogP) is 3.31. The van der Waals surface area contributed by atoms with Crippen LogP contribution in [0.1, 0.15) is 5.69 Å². The molecule has 2 aromatic carbocycles. The SMILES string of the molecule is O=C(O)Cc1c2ccccc2nn1-c1cccc(Cl)c1. The highest BCUT2D eigenvalue weighted by molar-refractivity contribution is 6.30. The summed E-state index contributed by atoms with van der Waals surface area (Å²) in [5.74, 6) is -0.890. The number of carbonyl (C=O) groups is 1. The Bertz CT molecular complexity index is 795. The molecule has 3 rings (SSSR count). The molecule has 0 saturated carbocycles. The van der Waals surface area contributed by atoms with Crippen molar-refractivity contribution >= 4 is 28.5 Å². The molecular formula is C15H11ClN2O2. The molecule has 0 radical (unpaired) electrons. The van der Waals surface area contributed by atoms with E-state index in [1.165, 1.54) is 0 Å². The summed E-state index contributed by atoms with van der Waals surface area (Å²) in [5, 5.41) is 15.0. The van der Waals surface area contributed by atoms with Crippen LogP contribution in [-0.2, 0) is 11.2 Å². The van der Waals surface area contributed by atoms with Gasteiger partial charge in [-0.25, -0.2) is 4.68 Å². The smallest absolute Gasteiger partial charge is 0.309 e. The summed E-state index contributed by atoms with van der Waals surface area (Å²) in [4.78, 5) is 11.1. The molecule has 0 fully saturated rings. The van der Waals surface area contributed by atoms with Crippen molar-refractivity contribution in [3.05, 3.63) is 59.2 Å². The Morgan fingerprint density at radius 2 is 2.00 bits per heavy atom. The van der Waals surface area contributed by atoms with Crippen LogP contribution in [0.4, 0.5) is 0 Å². The van der Waals surface area contributed by atoms with Crippen molar-refractivity contribution in [2.24, 2.45) is 0 Å². The molecule has 20 heavy (non-hydrogen) atoms. The van der Waals surface area contributed by atoms with E-state index in [1.54, 1.807) is 16.8 Å². The Morgan fingerprint density at radius 1 is 1.20 bits per heavy atom. The molecule has 0 aliphatic heterocycles. The maximum Gasteiger partial charge on any atom is 0.309 e. The first-order valence-electron chi connectivity index (χ1n) is 6.09. The largest absolute Gasteiger partial charge is 0.481 e. The average molecular weight is 287 g/mol. The number of benzene rings is 2. The quantitative estimate of drug-likeness (QED) is 0.804. The summed E-state index contributed by atoms with van der Waals surface area (Å²) in [6.07, 6.45) is -0.0903. The average Bonchev–Trinajstić information content (AvgIpc) is 2.77. The zero-order chi connectivity index (χ0) is 14.1. The molecule has 4 nitrogen and oxygen atoms in total. The molecule has 1 heterocycles. The van der Waals surface area contributed by atoms with Gasteiger partial charge < -0.3 is 5.11 Å². The Balaban J connectivity index is 2.26. The van der Waals surface area contributed by atoms with Gasteiger partial charge in [-0.3, -0.25) is 4.79 Å². The number of hydrogen-bond donors (Lipinski definition) is 1. The molecular weight excluding hydrogens is 276 g/mol. The first-order chi connectivity index (χ1) is 9.65. The molecule has 0 aliphatic carbocycles. The fourth-order valence-electron chi connectivity index (χ4n) is 2.22. The molecule has 0 unspecified atom stereocenters. The van der Waals surface area contributed by atoms with Gasteiger partial charge in [-0.05, 0) is 24.3 Å². The number of halogens is 1. The highest BCUT2D eigenvalue weighted by Crippen LogP contribution is 2.23. The molecule has 0 atom stereocenters. The lowest BCUT2D eigenvalue weighted by Gasteiger charge is -2.06. The molecule has 5 heteroatoms. The first kappa shape index (κ1) is 12.7. The maximum absolute atomic E-state index is 11.1. The third-order valence-electron chi connectivity index (χ3n) is 3.05. The lowest BCUT2D eigenvalue weighted by Crippen LogP contribution is -2.08. The van der Waals surface area contributed by atoms with Crippen LogP contribution in [0.15, 0.2) is 48.5 Å². The van der Waals surface area contributed by atoms with Gasteiger partial charge >= 0.3 is 5.97 Å². The van der Waals surface area contributed by atoms with Crippen LogP contribution in [0.5, 0.6) is 0 Å². The van der Waals surface area contributed by atoms with Crippen LogP contribution >= 0.6 is 11.6 Å². The molecule has 1 N–H and O–H groups in total. The second-order valence-corrected chi connectivity index (χ2v) is 4.86. The van der Waals surface area contributed by atoms with Gasteiger partial charge in [0.2, 0.25) is 0 Å². The Kier molecular flexibility index (Phi) is 3.16. The summed E-state index contributed by atoms with van der Waals surface area (Å²) in [6, 6.07) is 14.7. The summed E-state index contributed by atoms with van der Waals surface area (Å²) in [5.41, 5.74) is 2.17. The van der Waals surface area contributed by atoms with Gasteiger partial charge in [0, 0.05) is 10.4 Å². The van der Waals surface area contributed by atoms with Gasteiger partial charge in [0.15, 0.2) is 0 Å². The number of carboxylic acids is 1. The number of fused-ring (bicyclic) bond motifs is 1. The van der Waals surface area contributed by atoms with Crippen LogP contribution < -0.4 is 0 Å². The van der Waals surface area contributed by atoms with Crippen molar-refractivity contribution in [1.82, 2.24) is 9.78 Å². The Hall–Kier alpha value is -2.33.